The summed E-state index contributed by atoms with van der Waals surface area (Å²) in [6, 6.07) is 17.2. The number of piperazine rings is 1. The van der Waals surface area contributed by atoms with Crippen LogP contribution in [0.2, 0.25) is 0 Å². The zero-order valence-corrected chi connectivity index (χ0v) is 38.0. The van der Waals surface area contributed by atoms with Crippen LogP contribution >= 0.6 is 11.3 Å². The highest BCUT2D eigenvalue weighted by atomic mass is 32.1. The molecule has 4 aliphatic heterocycles. The molecule has 0 saturated carbocycles. The van der Waals surface area contributed by atoms with Gasteiger partial charge in [0.15, 0.2) is 5.01 Å². The Morgan fingerprint density at radius 2 is 1.70 bits per heavy atom. The summed E-state index contributed by atoms with van der Waals surface area (Å²) in [6.45, 7) is 11.7. The van der Waals surface area contributed by atoms with Gasteiger partial charge in [0.2, 0.25) is 22.9 Å². The van der Waals surface area contributed by atoms with Crippen molar-refractivity contribution in [2.75, 3.05) is 74.0 Å². The molecule has 340 valence electrons. The lowest BCUT2D eigenvalue weighted by atomic mass is 9.91. The summed E-state index contributed by atoms with van der Waals surface area (Å²) in [7, 11) is 0. The number of likely N-dealkylation sites (tertiary alicyclic amines) is 1. The number of carbonyl (C=O) groups excluding carboxylic acids is 3. The lowest BCUT2D eigenvalue weighted by Crippen LogP contribution is -2.52. The molecule has 4 saturated heterocycles. The summed E-state index contributed by atoms with van der Waals surface area (Å²) < 4.78 is 3.24. The number of pyridine rings is 2. The van der Waals surface area contributed by atoms with Crippen LogP contribution in [0.5, 0.6) is 0 Å². The Morgan fingerprint density at radius 1 is 0.894 bits per heavy atom. The first-order valence-electron chi connectivity index (χ1n) is 23.1. The molecule has 4 fully saturated rings. The van der Waals surface area contributed by atoms with Crippen molar-refractivity contribution >= 4 is 61.9 Å². The van der Waals surface area contributed by atoms with Crippen molar-refractivity contribution in [3.63, 3.8) is 0 Å². The number of benzene rings is 1. The minimum absolute atomic E-state index is 0.0572. The minimum atomic E-state index is -0.674. The van der Waals surface area contributed by atoms with Crippen LogP contribution in [0.3, 0.4) is 0 Å². The van der Waals surface area contributed by atoms with Gasteiger partial charge in [-0.1, -0.05) is 11.3 Å². The normalized spacial score (nSPS) is 19.2. The molecule has 0 spiro atoms. The number of aromatic nitrogens is 6. The fourth-order valence-electron chi connectivity index (χ4n) is 10.0. The predicted molar refractivity (Wildman–Crippen MR) is 253 cm³/mol. The highest BCUT2D eigenvalue weighted by Crippen LogP contribution is 2.37. The topological polar surface area (TPSA) is 190 Å². The van der Waals surface area contributed by atoms with Crippen molar-refractivity contribution in [1.82, 2.24) is 44.5 Å². The van der Waals surface area contributed by atoms with Crippen LogP contribution in [-0.2, 0) is 14.4 Å². The summed E-state index contributed by atoms with van der Waals surface area (Å²) in [5.74, 6) is 0.206. The van der Waals surface area contributed by atoms with E-state index in [1.54, 1.807) is 16.9 Å². The number of nitrogens with one attached hydrogen (secondary N) is 2. The average molecular weight is 908 g/mol. The predicted octanol–water partition coefficient (Wildman–Crippen LogP) is 5.18. The number of hydrogen-bond donors (Lipinski definition) is 2. The van der Waals surface area contributed by atoms with E-state index in [2.05, 4.69) is 66.6 Å². The van der Waals surface area contributed by atoms with Crippen LogP contribution in [0.15, 0.2) is 71.9 Å². The highest BCUT2D eigenvalue weighted by molar-refractivity contribution is 7.18. The molecule has 6 aromatic rings. The molecule has 1 unspecified atom stereocenters. The van der Waals surface area contributed by atoms with E-state index in [0.717, 1.165) is 108 Å². The third-order valence-electron chi connectivity index (χ3n) is 13.6. The van der Waals surface area contributed by atoms with Crippen LogP contribution in [0.4, 0.5) is 16.5 Å². The molecule has 17 nitrogen and oxygen atoms in total. The number of nitrogens with zero attached hydrogens (tertiary/aromatic N) is 11. The standard InChI is InChI=1S/C48H53N13O4S/c1-30(2)52-39-25-40(41-6-4-36-23-32(26-49)27-51-61(36)41)50-28-38(39)45-54-55-48(66-45)59-21-19-58(20-22-59)46(64)33-11-14-56(15-12-33)29-31-9-16-57(17-10-31)35-3-5-37-34(24-35)13-18-60(47(37)65)42-7-8-43(62)53-44(42)63/h3-6,13,18,23-25,27-28,30-31,33,42H,7-12,14-17,19-22,29H2,1-2H3,(H,50,52)(H,53,62,63). The van der Waals surface area contributed by atoms with Gasteiger partial charge in [-0.2, -0.15) is 10.4 Å². The minimum Gasteiger partial charge on any atom is -0.382 e. The van der Waals surface area contributed by atoms with Crippen molar-refractivity contribution in [2.24, 2.45) is 11.8 Å². The number of amides is 3. The molecule has 0 bridgehead atoms. The van der Waals surface area contributed by atoms with E-state index in [0.29, 0.717) is 49.5 Å². The van der Waals surface area contributed by atoms with Gasteiger partial charge in [-0.05, 0) is 119 Å². The maximum absolute atomic E-state index is 13.8. The maximum Gasteiger partial charge on any atom is 0.259 e. The molecule has 0 aliphatic carbocycles. The first-order chi connectivity index (χ1) is 32.1. The summed E-state index contributed by atoms with van der Waals surface area (Å²) in [4.78, 5) is 65.2. The van der Waals surface area contributed by atoms with E-state index in [9.17, 15) is 24.4 Å². The van der Waals surface area contributed by atoms with E-state index < -0.39 is 11.9 Å². The molecule has 66 heavy (non-hydrogen) atoms. The second-order valence-corrected chi connectivity index (χ2v) is 19.3. The molecule has 1 atom stereocenters. The summed E-state index contributed by atoms with van der Waals surface area (Å²) in [5.41, 5.74) is 5.55. The fourth-order valence-corrected chi connectivity index (χ4v) is 10.9. The van der Waals surface area contributed by atoms with Gasteiger partial charge in [-0.15, -0.1) is 10.2 Å². The molecule has 0 radical (unpaired) electrons. The number of carbonyl (C=O) groups is 3. The van der Waals surface area contributed by atoms with Gasteiger partial charge >= 0.3 is 0 Å². The number of hydrogen-bond acceptors (Lipinski definition) is 14. The van der Waals surface area contributed by atoms with E-state index >= 15 is 0 Å². The molecule has 5 aromatic heterocycles. The molecule has 4 aliphatic rings. The monoisotopic (exact) mass is 907 g/mol. The van der Waals surface area contributed by atoms with Crippen molar-refractivity contribution in [3.05, 3.63) is 83.0 Å². The van der Waals surface area contributed by atoms with Gasteiger partial charge in [-0.25, -0.2) is 4.52 Å². The molecule has 9 heterocycles. The Bertz CT molecular complexity index is 2910. The highest BCUT2D eigenvalue weighted by Gasteiger charge is 2.33. The second kappa shape index (κ2) is 18.3. The largest absolute Gasteiger partial charge is 0.382 e. The van der Waals surface area contributed by atoms with Crippen LogP contribution in [0, 0.1) is 23.2 Å². The van der Waals surface area contributed by atoms with Crippen molar-refractivity contribution < 1.29 is 14.4 Å². The van der Waals surface area contributed by atoms with E-state index in [1.165, 1.54) is 15.9 Å². The smallest absolute Gasteiger partial charge is 0.259 e. The number of anilines is 3. The fraction of sp³-hybridized carbons (Fsp3) is 0.438. The van der Waals surface area contributed by atoms with E-state index in [1.807, 2.05) is 53.6 Å². The molecule has 2 N–H and O–H groups in total. The number of fused-ring (bicyclic) bond motifs is 2. The zero-order valence-electron chi connectivity index (χ0n) is 37.2. The van der Waals surface area contributed by atoms with Gasteiger partial charge in [0.05, 0.1) is 34.2 Å². The van der Waals surface area contributed by atoms with E-state index in [4.69, 9.17) is 4.98 Å². The van der Waals surface area contributed by atoms with Crippen LogP contribution in [-0.4, -0.2) is 122 Å². The van der Waals surface area contributed by atoms with Crippen LogP contribution < -0.4 is 26.0 Å². The van der Waals surface area contributed by atoms with Gasteiger partial charge in [0.1, 0.15) is 12.1 Å². The molecule has 3 amide bonds. The Kier molecular flexibility index (Phi) is 12.0. The summed E-state index contributed by atoms with van der Waals surface area (Å²) >= 11 is 1.54. The molecular formula is C48H53N13O4S. The Morgan fingerprint density at radius 3 is 2.45 bits per heavy atom. The lowest BCUT2D eigenvalue weighted by Gasteiger charge is -2.40. The number of nitriles is 1. The van der Waals surface area contributed by atoms with Crippen LogP contribution in [0.1, 0.15) is 64.0 Å². The summed E-state index contributed by atoms with van der Waals surface area (Å²) in [6.07, 6.45) is 9.56. The van der Waals surface area contributed by atoms with Gasteiger partial charge < -0.3 is 29.5 Å². The first-order valence-corrected chi connectivity index (χ1v) is 23.9. The van der Waals surface area contributed by atoms with E-state index in [-0.39, 0.29) is 35.8 Å². The summed E-state index contributed by atoms with van der Waals surface area (Å²) in [5, 5.41) is 31.9. The quantitative estimate of drug-likeness (QED) is 0.171. The van der Waals surface area contributed by atoms with Crippen molar-refractivity contribution in [3.8, 4) is 28.0 Å². The van der Waals surface area contributed by atoms with Gasteiger partial charge in [0, 0.05) is 93.3 Å². The Balaban J connectivity index is 0.689. The zero-order chi connectivity index (χ0) is 45.5. The number of piperidine rings is 3. The van der Waals surface area contributed by atoms with Gasteiger partial charge in [-0.3, -0.25) is 29.5 Å². The van der Waals surface area contributed by atoms with Crippen molar-refractivity contribution in [2.45, 2.75) is 64.5 Å². The third-order valence-corrected chi connectivity index (χ3v) is 14.7. The second-order valence-electron chi connectivity index (χ2n) is 18.3. The molecular weight excluding hydrogens is 855 g/mol. The lowest BCUT2D eigenvalue weighted by molar-refractivity contribution is -0.138. The Labute approximate surface area is 386 Å². The SMILES string of the molecule is CC(C)Nc1cc(-c2ccc3cc(C#N)cnn23)ncc1-c1nnc(N2CCN(C(=O)C3CCN(CC4CCN(c5ccc6c(=O)n(C7CCC(=O)NC7=O)ccc6c5)CC4)CC3)CC2)s1. The number of rotatable bonds is 10. The van der Waals surface area contributed by atoms with Gasteiger partial charge in [0.25, 0.3) is 5.56 Å². The maximum atomic E-state index is 13.8. The molecule has 10 rings (SSSR count). The number of imide groups is 1. The Hall–Kier alpha value is -6.71. The van der Waals surface area contributed by atoms with Crippen molar-refractivity contribution in [1.29, 1.82) is 5.26 Å². The first kappa shape index (κ1) is 43.2. The van der Waals surface area contributed by atoms with Crippen LogP contribution in [0.25, 0.3) is 38.2 Å². The average Bonchev–Trinajstić information content (AvgIpc) is 4.00. The molecule has 1 aromatic carbocycles. The molecule has 18 heteroatoms. The third kappa shape index (κ3) is 8.72.